The van der Waals surface area contributed by atoms with Crippen molar-refractivity contribution in [1.29, 1.82) is 0 Å². The van der Waals surface area contributed by atoms with E-state index in [2.05, 4.69) is 15.5 Å². The van der Waals surface area contributed by atoms with Crippen molar-refractivity contribution in [3.05, 3.63) is 41.5 Å². The van der Waals surface area contributed by atoms with Crippen LogP contribution in [0.15, 0.2) is 33.7 Å². The van der Waals surface area contributed by atoms with E-state index in [1.54, 1.807) is 0 Å². The molecule has 1 amide bonds. The highest BCUT2D eigenvalue weighted by atomic mass is 32.2. The number of carbonyl (C=O) groups is 1. The minimum atomic E-state index is -3.26. The number of nitrogens with one attached hydrogen (secondary N) is 1. The number of aryl methyl sites for hydroxylation is 1. The Morgan fingerprint density at radius 1 is 1.25 bits per heavy atom. The third kappa shape index (κ3) is 4.89. The fourth-order valence-corrected chi connectivity index (χ4v) is 2.63. The van der Waals surface area contributed by atoms with Gasteiger partial charge in [0, 0.05) is 30.7 Å². The molecule has 8 heteroatoms. The Hall–Kier alpha value is -2.22. The monoisotopic (exact) mass is 351 g/mol. The Kier molecular flexibility index (Phi) is 5.71. The molecule has 0 aliphatic heterocycles. The summed E-state index contributed by atoms with van der Waals surface area (Å²) in [6, 6.07) is 5.85. The molecule has 0 aliphatic carbocycles. The van der Waals surface area contributed by atoms with Crippen molar-refractivity contribution in [2.24, 2.45) is 0 Å². The lowest BCUT2D eigenvalue weighted by Crippen LogP contribution is -2.24. The normalized spacial score (nSPS) is 11.7. The molecule has 0 aliphatic rings. The number of carbonyl (C=O) groups excluding carboxylic acids is 1. The Balaban J connectivity index is 1.80. The molecule has 2 aromatic rings. The molecule has 1 heterocycles. The molecular formula is C16H21N3O4S. The summed E-state index contributed by atoms with van der Waals surface area (Å²) < 4.78 is 27.9. The highest BCUT2D eigenvalue weighted by molar-refractivity contribution is 7.90. The van der Waals surface area contributed by atoms with Crippen LogP contribution in [0.2, 0.25) is 0 Å². The van der Waals surface area contributed by atoms with Crippen molar-refractivity contribution in [2.45, 2.75) is 37.5 Å². The zero-order valence-corrected chi connectivity index (χ0v) is 14.8. The SMILES string of the molecule is CC(C)c1noc(CCCNC(=O)c2ccc(S(C)(=O)=O)cc2)n1. The number of hydrogen-bond acceptors (Lipinski definition) is 6. The molecule has 0 saturated heterocycles. The summed E-state index contributed by atoms with van der Waals surface area (Å²) >= 11 is 0. The van der Waals surface area contributed by atoms with Crippen LogP contribution in [-0.4, -0.2) is 37.3 Å². The van der Waals surface area contributed by atoms with Gasteiger partial charge in [0.2, 0.25) is 5.89 Å². The maximum absolute atomic E-state index is 12.0. The van der Waals surface area contributed by atoms with Crippen LogP contribution in [-0.2, 0) is 16.3 Å². The summed E-state index contributed by atoms with van der Waals surface area (Å²) in [6.45, 7) is 4.44. The molecular weight excluding hydrogens is 330 g/mol. The van der Waals surface area contributed by atoms with E-state index in [9.17, 15) is 13.2 Å². The highest BCUT2D eigenvalue weighted by Gasteiger charge is 2.11. The number of sulfone groups is 1. The van der Waals surface area contributed by atoms with Crippen molar-refractivity contribution in [2.75, 3.05) is 12.8 Å². The smallest absolute Gasteiger partial charge is 0.251 e. The topological polar surface area (TPSA) is 102 Å². The standard InChI is InChI=1S/C16H21N3O4S/c1-11(2)15-18-14(23-19-15)5-4-10-17-16(20)12-6-8-13(9-7-12)24(3,21)22/h6-9,11H,4-5,10H2,1-3H3,(H,17,20). The molecule has 0 spiro atoms. The third-order valence-corrected chi connectivity index (χ3v) is 4.53. The van der Waals surface area contributed by atoms with Gasteiger partial charge in [0.15, 0.2) is 15.7 Å². The van der Waals surface area contributed by atoms with Crippen molar-refractivity contribution < 1.29 is 17.7 Å². The first-order valence-electron chi connectivity index (χ1n) is 7.68. The van der Waals surface area contributed by atoms with Crippen LogP contribution in [0.25, 0.3) is 0 Å². The second-order valence-electron chi connectivity index (χ2n) is 5.86. The van der Waals surface area contributed by atoms with Gasteiger partial charge in [-0.25, -0.2) is 8.42 Å². The second-order valence-corrected chi connectivity index (χ2v) is 7.87. The molecule has 0 atom stereocenters. The fraction of sp³-hybridized carbons (Fsp3) is 0.438. The lowest BCUT2D eigenvalue weighted by Gasteiger charge is -2.05. The van der Waals surface area contributed by atoms with Gasteiger partial charge in [-0.05, 0) is 30.7 Å². The number of aromatic nitrogens is 2. The van der Waals surface area contributed by atoms with Gasteiger partial charge >= 0.3 is 0 Å². The number of amides is 1. The molecule has 1 aromatic heterocycles. The molecule has 24 heavy (non-hydrogen) atoms. The quantitative estimate of drug-likeness (QED) is 0.765. The largest absolute Gasteiger partial charge is 0.352 e. The maximum atomic E-state index is 12.0. The van der Waals surface area contributed by atoms with E-state index in [0.717, 1.165) is 6.26 Å². The Labute approximate surface area is 141 Å². The Morgan fingerprint density at radius 2 is 1.92 bits per heavy atom. The van der Waals surface area contributed by atoms with Crippen molar-refractivity contribution >= 4 is 15.7 Å². The predicted molar refractivity (Wildman–Crippen MR) is 88.6 cm³/mol. The van der Waals surface area contributed by atoms with Crippen molar-refractivity contribution in [3.8, 4) is 0 Å². The predicted octanol–water partition coefficient (Wildman–Crippen LogP) is 1.96. The summed E-state index contributed by atoms with van der Waals surface area (Å²) in [5.41, 5.74) is 0.419. The summed E-state index contributed by atoms with van der Waals surface area (Å²) in [6.07, 6.45) is 2.39. The second kappa shape index (κ2) is 7.57. The number of benzene rings is 1. The van der Waals surface area contributed by atoms with Crippen LogP contribution in [0.1, 0.15) is 48.3 Å². The molecule has 7 nitrogen and oxygen atoms in total. The molecule has 1 aromatic carbocycles. The number of rotatable bonds is 7. The van der Waals surface area contributed by atoms with Crippen LogP contribution in [0, 0.1) is 0 Å². The molecule has 0 radical (unpaired) electrons. The van der Waals surface area contributed by atoms with E-state index in [4.69, 9.17) is 4.52 Å². The average molecular weight is 351 g/mol. The lowest BCUT2D eigenvalue weighted by atomic mass is 10.2. The minimum Gasteiger partial charge on any atom is -0.352 e. The Morgan fingerprint density at radius 3 is 2.46 bits per heavy atom. The molecule has 0 unspecified atom stereocenters. The van der Waals surface area contributed by atoms with Crippen LogP contribution in [0.4, 0.5) is 0 Å². The number of nitrogens with zero attached hydrogens (tertiary/aromatic N) is 2. The molecule has 0 fully saturated rings. The first-order chi connectivity index (χ1) is 11.3. The summed E-state index contributed by atoms with van der Waals surface area (Å²) in [5.74, 6) is 1.21. The lowest BCUT2D eigenvalue weighted by molar-refractivity contribution is 0.0953. The summed E-state index contributed by atoms with van der Waals surface area (Å²) in [5, 5.41) is 6.66. The zero-order chi connectivity index (χ0) is 17.7. The summed E-state index contributed by atoms with van der Waals surface area (Å²) in [7, 11) is -3.26. The molecule has 1 N–H and O–H groups in total. The third-order valence-electron chi connectivity index (χ3n) is 3.40. The fourth-order valence-electron chi connectivity index (χ4n) is 2.00. The highest BCUT2D eigenvalue weighted by Crippen LogP contribution is 2.11. The van der Waals surface area contributed by atoms with Crippen molar-refractivity contribution in [1.82, 2.24) is 15.5 Å². The van der Waals surface area contributed by atoms with Gasteiger partial charge < -0.3 is 9.84 Å². The molecule has 0 bridgehead atoms. The van der Waals surface area contributed by atoms with Crippen LogP contribution in [0.3, 0.4) is 0 Å². The summed E-state index contributed by atoms with van der Waals surface area (Å²) in [4.78, 5) is 16.5. The van der Waals surface area contributed by atoms with Gasteiger partial charge in [-0.3, -0.25) is 4.79 Å². The van der Waals surface area contributed by atoms with Crippen LogP contribution < -0.4 is 5.32 Å². The van der Waals surface area contributed by atoms with E-state index >= 15 is 0 Å². The average Bonchev–Trinajstić information content (AvgIpc) is 3.00. The van der Waals surface area contributed by atoms with Gasteiger partial charge in [0.1, 0.15) is 0 Å². The van der Waals surface area contributed by atoms with Crippen LogP contribution in [0.5, 0.6) is 0 Å². The molecule has 130 valence electrons. The molecule has 2 rings (SSSR count). The van der Waals surface area contributed by atoms with Crippen LogP contribution >= 0.6 is 0 Å². The number of hydrogen-bond donors (Lipinski definition) is 1. The van der Waals surface area contributed by atoms with Crippen molar-refractivity contribution in [3.63, 3.8) is 0 Å². The van der Waals surface area contributed by atoms with Gasteiger partial charge in [0.25, 0.3) is 5.91 Å². The van der Waals surface area contributed by atoms with E-state index in [0.29, 0.717) is 36.7 Å². The van der Waals surface area contributed by atoms with E-state index < -0.39 is 9.84 Å². The van der Waals surface area contributed by atoms with Gasteiger partial charge in [-0.2, -0.15) is 4.98 Å². The Bertz CT molecular complexity index is 795. The van der Waals surface area contributed by atoms with Gasteiger partial charge in [0.05, 0.1) is 4.90 Å². The minimum absolute atomic E-state index is 0.191. The molecule has 0 saturated carbocycles. The maximum Gasteiger partial charge on any atom is 0.251 e. The van der Waals surface area contributed by atoms with Gasteiger partial charge in [-0.1, -0.05) is 19.0 Å². The first kappa shape index (κ1) is 18.1. The first-order valence-corrected chi connectivity index (χ1v) is 9.57. The van der Waals surface area contributed by atoms with E-state index in [-0.39, 0.29) is 16.7 Å². The van der Waals surface area contributed by atoms with E-state index in [1.807, 2.05) is 13.8 Å². The van der Waals surface area contributed by atoms with Gasteiger partial charge in [-0.15, -0.1) is 0 Å². The van der Waals surface area contributed by atoms with E-state index in [1.165, 1.54) is 24.3 Å². The zero-order valence-electron chi connectivity index (χ0n) is 13.9.